The Kier molecular flexibility index (Phi) is 4.72. The van der Waals surface area contributed by atoms with Crippen molar-refractivity contribution in [2.45, 2.75) is 6.54 Å². The highest BCUT2D eigenvalue weighted by Gasteiger charge is 2.21. The first-order valence-electron chi connectivity index (χ1n) is 7.85. The molecule has 9 heteroatoms. The largest absolute Gasteiger partial charge is 0.345 e. The number of anilines is 1. The molecule has 0 saturated carbocycles. The molecule has 1 saturated heterocycles. The van der Waals surface area contributed by atoms with Gasteiger partial charge < -0.3 is 4.90 Å². The van der Waals surface area contributed by atoms with Gasteiger partial charge in [0, 0.05) is 49.7 Å². The van der Waals surface area contributed by atoms with E-state index in [4.69, 9.17) is 0 Å². The van der Waals surface area contributed by atoms with Crippen LogP contribution in [0.4, 0.5) is 10.8 Å². The van der Waals surface area contributed by atoms with Gasteiger partial charge in [0.2, 0.25) is 0 Å². The lowest BCUT2D eigenvalue weighted by Crippen LogP contribution is -2.45. The molecule has 3 aromatic rings. The standard InChI is InChI=1S/C16H15BrN4O2S2/c17-15-4-2-12(24-15)10-19-5-7-20(8-6-19)16-18-13-3-1-11(21(22)23)9-14(13)25-16/h1-4,9H,5-8,10H2. The van der Waals surface area contributed by atoms with Crippen molar-refractivity contribution in [2.24, 2.45) is 0 Å². The number of benzene rings is 1. The number of nitro groups is 1. The normalized spacial score (nSPS) is 15.8. The number of fused-ring (bicyclic) bond motifs is 1. The fourth-order valence-corrected chi connectivity index (χ4v) is 5.48. The summed E-state index contributed by atoms with van der Waals surface area (Å²) in [6, 6.07) is 9.13. The van der Waals surface area contributed by atoms with Crippen molar-refractivity contribution in [1.82, 2.24) is 9.88 Å². The maximum Gasteiger partial charge on any atom is 0.270 e. The minimum atomic E-state index is -0.361. The van der Waals surface area contributed by atoms with E-state index in [0.717, 1.165) is 48.1 Å². The summed E-state index contributed by atoms with van der Waals surface area (Å²) in [5.74, 6) is 0. The van der Waals surface area contributed by atoms with Crippen LogP contribution in [0, 0.1) is 10.1 Å². The second kappa shape index (κ2) is 6.99. The van der Waals surface area contributed by atoms with Crippen molar-refractivity contribution in [3.8, 4) is 0 Å². The molecular formula is C16H15BrN4O2S2. The molecule has 0 bridgehead atoms. The van der Waals surface area contributed by atoms with Gasteiger partial charge in [-0.05, 0) is 34.1 Å². The van der Waals surface area contributed by atoms with Crippen LogP contribution in [0.25, 0.3) is 10.2 Å². The third kappa shape index (κ3) is 3.69. The van der Waals surface area contributed by atoms with E-state index >= 15 is 0 Å². The van der Waals surface area contributed by atoms with Crippen LogP contribution in [0.2, 0.25) is 0 Å². The van der Waals surface area contributed by atoms with Crippen molar-refractivity contribution in [2.75, 3.05) is 31.1 Å². The number of hydrogen-bond acceptors (Lipinski definition) is 7. The molecule has 0 radical (unpaired) electrons. The molecule has 0 aliphatic carbocycles. The van der Waals surface area contributed by atoms with Gasteiger partial charge in [0.05, 0.1) is 18.9 Å². The summed E-state index contributed by atoms with van der Waals surface area (Å²) >= 11 is 6.82. The van der Waals surface area contributed by atoms with Gasteiger partial charge in [-0.1, -0.05) is 11.3 Å². The average Bonchev–Trinajstić information content (AvgIpc) is 3.20. The molecule has 3 heterocycles. The Labute approximate surface area is 161 Å². The van der Waals surface area contributed by atoms with Gasteiger partial charge in [0.15, 0.2) is 5.13 Å². The highest BCUT2D eigenvalue weighted by Crippen LogP contribution is 2.32. The van der Waals surface area contributed by atoms with Gasteiger partial charge in [-0.25, -0.2) is 4.98 Å². The monoisotopic (exact) mass is 438 g/mol. The number of non-ortho nitro benzene ring substituents is 1. The molecule has 1 aliphatic rings. The predicted octanol–water partition coefficient (Wildman–Crippen LogP) is 4.35. The quantitative estimate of drug-likeness (QED) is 0.447. The molecule has 0 unspecified atom stereocenters. The van der Waals surface area contributed by atoms with Crippen LogP contribution in [-0.2, 0) is 6.54 Å². The summed E-state index contributed by atoms with van der Waals surface area (Å²) in [5, 5.41) is 11.9. The van der Waals surface area contributed by atoms with Crippen LogP contribution in [0.15, 0.2) is 34.1 Å². The molecule has 2 aromatic heterocycles. The lowest BCUT2D eigenvalue weighted by atomic mass is 10.3. The molecular weight excluding hydrogens is 424 g/mol. The Morgan fingerprint density at radius 2 is 1.96 bits per heavy atom. The van der Waals surface area contributed by atoms with Gasteiger partial charge in [-0.3, -0.25) is 15.0 Å². The zero-order valence-corrected chi connectivity index (χ0v) is 16.4. The van der Waals surface area contributed by atoms with Crippen LogP contribution < -0.4 is 4.90 Å². The second-order valence-corrected chi connectivity index (χ2v) is 9.43. The Balaban J connectivity index is 1.43. The number of hydrogen-bond donors (Lipinski definition) is 0. The molecule has 4 rings (SSSR count). The highest BCUT2D eigenvalue weighted by molar-refractivity contribution is 9.11. The van der Waals surface area contributed by atoms with E-state index in [1.165, 1.54) is 26.1 Å². The topological polar surface area (TPSA) is 62.5 Å². The minimum Gasteiger partial charge on any atom is -0.345 e. The van der Waals surface area contributed by atoms with Crippen molar-refractivity contribution >= 4 is 59.6 Å². The molecule has 1 fully saturated rings. The van der Waals surface area contributed by atoms with E-state index in [-0.39, 0.29) is 10.6 Å². The van der Waals surface area contributed by atoms with Crippen molar-refractivity contribution < 1.29 is 4.92 Å². The Morgan fingerprint density at radius 1 is 1.16 bits per heavy atom. The minimum absolute atomic E-state index is 0.120. The smallest absolute Gasteiger partial charge is 0.270 e. The molecule has 1 aliphatic heterocycles. The van der Waals surface area contributed by atoms with Crippen LogP contribution in [0.5, 0.6) is 0 Å². The molecule has 1 aromatic carbocycles. The van der Waals surface area contributed by atoms with Crippen molar-refractivity contribution in [3.05, 3.63) is 49.1 Å². The Morgan fingerprint density at radius 3 is 2.64 bits per heavy atom. The van der Waals surface area contributed by atoms with E-state index < -0.39 is 0 Å². The first kappa shape index (κ1) is 16.9. The van der Waals surface area contributed by atoms with Crippen LogP contribution in [0.3, 0.4) is 0 Å². The van der Waals surface area contributed by atoms with Crippen LogP contribution >= 0.6 is 38.6 Å². The maximum atomic E-state index is 10.9. The van der Waals surface area contributed by atoms with E-state index in [9.17, 15) is 10.1 Å². The number of thiazole rings is 1. The summed E-state index contributed by atoms with van der Waals surface area (Å²) in [6.45, 7) is 4.82. The van der Waals surface area contributed by atoms with Gasteiger partial charge in [0.25, 0.3) is 5.69 Å². The zero-order chi connectivity index (χ0) is 17.4. The third-order valence-electron chi connectivity index (χ3n) is 4.22. The molecule has 0 N–H and O–H groups in total. The predicted molar refractivity (Wildman–Crippen MR) is 106 cm³/mol. The number of piperazine rings is 1. The fraction of sp³-hybridized carbons (Fsp3) is 0.312. The van der Waals surface area contributed by atoms with Crippen molar-refractivity contribution in [1.29, 1.82) is 0 Å². The first-order chi connectivity index (χ1) is 12.1. The first-order valence-corrected chi connectivity index (χ1v) is 10.3. The summed E-state index contributed by atoms with van der Waals surface area (Å²) in [6.07, 6.45) is 0. The molecule has 0 spiro atoms. The van der Waals surface area contributed by atoms with E-state index in [0.29, 0.717) is 0 Å². The SMILES string of the molecule is O=[N+]([O-])c1ccc2nc(N3CCN(Cc4ccc(Br)s4)CC3)sc2c1. The summed E-state index contributed by atoms with van der Waals surface area (Å²) in [5.41, 5.74) is 0.950. The number of nitrogens with zero attached hydrogens (tertiary/aromatic N) is 4. The highest BCUT2D eigenvalue weighted by atomic mass is 79.9. The van der Waals surface area contributed by atoms with E-state index in [1.807, 2.05) is 0 Å². The Hall–Kier alpha value is -1.55. The van der Waals surface area contributed by atoms with Gasteiger partial charge >= 0.3 is 0 Å². The van der Waals surface area contributed by atoms with Gasteiger partial charge in [-0.15, -0.1) is 11.3 Å². The van der Waals surface area contributed by atoms with Crippen LogP contribution in [0.1, 0.15) is 4.88 Å². The number of aromatic nitrogens is 1. The molecule has 0 atom stereocenters. The number of halogens is 1. The average molecular weight is 439 g/mol. The molecule has 130 valence electrons. The lowest BCUT2D eigenvalue weighted by molar-refractivity contribution is -0.384. The zero-order valence-electron chi connectivity index (χ0n) is 13.2. The maximum absolute atomic E-state index is 10.9. The van der Waals surface area contributed by atoms with Gasteiger partial charge in [-0.2, -0.15) is 0 Å². The number of thiophene rings is 1. The van der Waals surface area contributed by atoms with Gasteiger partial charge in [0.1, 0.15) is 0 Å². The summed E-state index contributed by atoms with van der Waals surface area (Å²) in [4.78, 5) is 21.3. The number of nitro benzene ring substituents is 1. The second-order valence-electron chi connectivity index (χ2n) is 5.87. The van der Waals surface area contributed by atoms with E-state index in [2.05, 4.69) is 42.8 Å². The summed E-state index contributed by atoms with van der Waals surface area (Å²) in [7, 11) is 0. The Bertz CT molecular complexity index is 918. The van der Waals surface area contributed by atoms with Crippen molar-refractivity contribution in [3.63, 3.8) is 0 Å². The lowest BCUT2D eigenvalue weighted by Gasteiger charge is -2.34. The third-order valence-corrected chi connectivity index (χ3v) is 6.91. The fourth-order valence-electron chi connectivity index (χ4n) is 2.90. The number of rotatable bonds is 4. The molecule has 0 amide bonds. The molecule has 25 heavy (non-hydrogen) atoms. The summed E-state index contributed by atoms with van der Waals surface area (Å²) < 4.78 is 2.04. The van der Waals surface area contributed by atoms with E-state index in [1.54, 1.807) is 23.5 Å². The van der Waals surface area contributed by atoms with Crippen LogP contribution in [-0.4, -0.2) is 41.0 Å². The molecule has 6 nitrogen and oxygen atoms in total.